The van der Waals surface area contributed by atoms with Crippen LogP contribution in [0, 0.1) is 38.5 Å². The summed E-state index contributed by atoms with van der Waals surface area (Å²) in [4.78, 5) is 35.3. The van der Waals surface area contributed by atoms with Gasteiger partial charge in [0.1, 0.15) is 70.0 Å². The van der Waals surface area contributed by atoms with Crippen LogP contribution in [0.1, 0.15) is 134 Å². The number of hydrogen-bond donors (Lipinski definition) is 3. The molecule has 590 valence electrons. The first-order valence-corrected chi connectivity index (χ1v) is 40.3. The smallest absolute Gasteiger partial charge is 0.308 e. The van der Waals surface area contributed by atoms with E-state index in [1.165, 1.54) is 31.5 Å². The predicted octanol–water partition coefficient (Wildman–Crippen LogP) is 19.9. The van der Waals surface area contributed by atoms with Crippen LogP contribution in [0.3, 0.4) is 0 Å². The molecule has 11 aromatic rings. The Morgan fingerprint density at radius 1 is 0.541 bits per heavy atom. The highest BCUT2D eigenvalue weighted by atomic mass is 32.2. The quantitative estimate of drug-likeness (QED) is 0.0219. The van der Waals surface area contributed by atoms with Gasteiger partial charge in [0.25, 0.3) is 5.95 Å². The van der Waals surface area contributed by atoms with Crippen LogP contribution >= 0.6 is 0 Å². The molecular weight excluding hydrogens is 1460 g/mol. The summed E-state index contributed by atoms with van der Waals surface area (Å²) in [5, 5.41) is 7.57. The zero-order chi connectivity index (χ0) is 80.5. The van der Waals surface area contributed by atoms with Crippen molar-refractivity contribution in [2.75, 3.05) is 33.5 Å². The van der Waals surface area contributed by atoms with Gasteiger partial charge in [0.05, 0.1) is 57.2 Å². The van der Waals surface area contributed by atoms with Crippen molar-refractivity contribution in [3.8, 4) is 51.2 Å². The van der Waals surface area contributed by atoms with Crippen LogP contribution < -0.4 is 15.2 Å². The maximum absolute atomic E-state index is 12.8. The van der Waals surface area contributed by atoms with Crippen LogP contribution in [0.2, 0.25) is 0 Å². The summed E-state index contributed by atoms with van der Waals surface area (Å²) >= 11 is -4.25. The Morgan fingerprint density at radius 3 is 1.40 bits per heavy atom. The van der Waals surface area contributed by atoms with Crippen LogP contribution in [0.25, 0.3) is 45.3 Å². The number of furan rings is 4. The second-order valence-corrected chi connectivity index (χ2v) is 29.4. The molecule has 0 saturated heterocycles. The van der Waals surface area contributed by atoms with Crippen molar-refractivity contribution in [3.05, 3.63) is 277 Å². The van der Waals surface area contributed by atoms with Crippen molar-refractivity contribution in [2.45, 2.75) is 141 Å². The maximum Gasteiger partial charge on any atom is 0.308 e. The van der Waals surface area contributed by atoms with E-state index in [0.717, 1.165) is 62.0 Å². The third kappa shape index (κ3) is 32.3. The number of benzene rings is 7. The SMILES string of the molecule is CCO.CCOC(=O)C[C@H](N)c1ccc(-c2ccccc2)o1.CCOC(=O)C[C@H](N[S+]([O-])c1ccc(C)cc1)c1ccc(-c2ccccc2)o1.CCOC(C)=O.COc1ccc(-c2ccccc2)o1.Cc1ccc([S+]([O-])N=Cc2ccc(-c3ccccc3)o2)cc1.Cc1ccc([S+]([O-])O[C@H]2C[C@@H](C)CC[C@@H]2C(C)C)cc1. The number of aryl methyl sites for hydroxylation is 3. The van der Waals surface area contributed by atoms with Crippen LogP contribution in [0.15, 0.2) is 279 Å². The fraction of sp³-hybridized carbons (Fsp3) is 0.303. The van der Waals surface area contributed by atoms with Crippen LogP contribution in [-0.4, -0.2) is 82.5 Å². The van der Waals surface area contributed by atoms with E-state index in [1.54, 1.807) is 59.1 Å². The van der Waals surface area contributed by atoms with Gasteiger partial charge < -0.3 is 61.1 Å². The highest BCUT2D eigenvalue weighted by molar-refractivity contribution is 7.90. The van der Waals surface area contributed by atoms with Gasteiger partial charge in [-0.15, -0.1) is 4.72 Å². The highest BCUT2D eigenvalue weighted by Crippen LogP contribution is 2.38. The summed E-state index contributed by atoms with van der Waals surface area (Å²) in [5.74, 6) is 6.16. The number of nitrogens with zero attached hydrogens (tertiary/aromatic N) is 1. The Hall–Kier alpha value is -9.69. The fourth-order valence-electron chi connectivity index (χ4n) is 11.0. The molecule has 3 unspecified atom stereocenters. The van der Waals surface area contributed by atoms with Gasteiger partial charge in [0.15, 0.2) is 26.1 Å². The topological polar surface area (TPSA) is 290 Å². The Kier molecular flexibility index (Phi) is 40.3. The van der Waals surface area contributed by atoms with Gasteiger partial charge in [-0.25, -0.2) is 0 Å². The third-order valence-corrected chi connectivity index (χ3v) is 19.9. The van der Waals surface area contributed by atoms with Gasteiger partial charge in [-0.1, -0.05) is 206 Å². The number of carbonyl (C=O) groups excluding carboxylic acids is 3. The first kappa shape index (κ1) is 90.2. The number of nitrogens with two attached hydrogens (primary N) is 1. The summed E-state index contributed by atoms with van der Waals surface area (Å²) in [6, 6.07) is 75.5. The average molecular weight is 1570 g/mol. The van der Waals surface area contributed by atoms with Gasteiger partial charge in [-0.3, -0.25) is 14.4 Å². The molecule has 1 aliphatic carbocycles. The second kappa shape index (κ2) is 49.5. The predicted molar refractivity (Wildman–Crippen MR) is 440 cm³/mol. The number of ether oxygens (including phenoxy) is 4. The van der Waals surface area contributed by atoms with Crippen LogP contribution in [0.5, 0.6) is 5.95 Å². The highest BCUT2D eigenvalue weighted by Gasteiger charge is 2.36. The first-order chi connectivity index (χ1) is 53.5. The Morgan fingerprint density at radius 2 is 0.955 bits per heavy atom. The van der Waals surface area contributed by atoms with Gasteiger partial charge in [0.2, 0.25) is 0 Å². The van der Waals surface area contributed by atoms with E-state index in [9.17, 15) is 28.0 Å². The number of aliphatic hydroxyl groups is 1. The zero-order valence-corrected chi connectivity index (χ0v) is 67.8. The van der Waals surface area contributed by atoms with E-state index in [1.807, 2.05) is 239 Å². The maximum atomic E-state index is 12.8. The molecule has 0 radical (unpaired) electrons. The number of hydrogen-bond acceptors (Lipinski definition) is 19. The Balaban J connectivity index is 0.000000213. The van der Waals surface area contributed by atoms with E-state index in [4.69, 9.17) is 46.9 Å². The van der Waals surface area contributed by atoms with Crippen LogP contribution in [-0.2, 0) is 67.0 Å². The van der Waals surface area contributed by atoms with E-state index >= 15 is 0 Å². The molecule has 4 aromatic heterocycles. The van der Waals surface area contributed by atoms with Crippen LogP contribution in [0.4, 0.5) is 0 Å². The molecule has 0 amide bonds. The lowest BCUT2D eigenvalue weighted by molar-refractivity contribution is -0.144. The summed E-state index contributed by atoms with van der Waals surface area (Å²) in [6.45, 7) is 22.5. The average Bonchev–Trinajstić information content (AvgIpc) is 1.28. The first-order valence-electron chi connectivity index (χ1n) is 36.9. The van der Waals surface area contributed by atoms with Crippen molar-refractivity contribution < 1.29 is 73.9 Å². The lowest BCUT2D eigenvalue weighted by Crippen LogP contribution is -2.35. The van der Waals surface area contributed by atoms with Crippen molar-refractivity contribution in [1.82, 2.24) is 4.72 Å². The minimum atomic E-state index is -1.50. The van der Waals surface area contributed by atoms with Gasteiger partial charge >= 0.3 is 17.9 Å². The number of rotatable bonds is 24. The molecule has 111 heavy (non-hydrogen) atoms. The van der Waals surface area contributed by atoms with E-state index in [0.29, 0.717) is 76.4 Å². The molecule has 1 fully saturated rings. The van der Waals surface area contributed by atoms with E-state index < -0.39 is 46.3 Å². The third-order valence-electron chi connectivity index (χ3n) is 16.7. The normalized spacial score (nSPS) is 14.8. The van der Waals surface area contributed by atoms with Crippen molar-refractivity contribution in [2.24, 2.45) is 27.9 Å². The van der Waals surface area contributed by atoms with E-state index in [-0.39, 0.29) is 43.5 Å². The number of esters is 3. The molecule has 0 aliphatic heterocycles. The molecular formula is C89H105N3O16S3. The summed E-state index contributed by atoms with van der Waals surface area (Å²) in [7, 11) is 1.59. The monoisotopic (exact) mass is 1570 g/mol. The molecule has 19 nitrogen and oxygen atoms in total. The minimum absolute atomic E-state index is 0.0210. The van der Waals surface area contributed by atoms with Crippen molar-refractivity contribution in [3.63, 3.8) is 0 Å². The molecule has 7 aromatic carbocycles. The lowest BCUT2D eigenvalue weighted by Gasteiger charge is -2.35. The summed E-state index contributed by atoms with van der Waals surface area (Å²) in [5.41, 5.74) is 13.3. The fourth-order valence-corrected chi connectivity index (χ4v) is 13.6. The summed E-state index contributed by atoms with van der Waals surface area (Å²) < 4.78 is 92.2. The standard InChI is InChI=1S/C22H23NO4S.C18H15NO2S.C17H26O2S.C15H17NO3.C11H10O2.C4H8O2.C2H6O/c1-3-26-22(24)15-19(23-28(25)18-11-9-16(2)10-12-18)21-14-13-20(27-21)17-7-5-4-6-8-17;1-14-7-10-17(11-8-14)22(20)19-13-16-9-12-18(21-16)15-5-3-2-4-6-15;1-12(2)16-10-7-14(4)11-17(16)19-20(18)15-8-5-13(3)6-9-15;1-2-18-15(17)10-12(16)14-9-8-13(19-14)11-6-4-3-5-7-11;1-12-11-8-7-10(13-11)9-5-3-2-4-6-9;1-3-6-4(2)5;1-2-3/h4-14,19,23H,3,15H2,1-2H3;2-13H,1H3;5-6,8-9,12,14,16-17H,7,10-11H2,1-4H3;3-9,12H,2,10,16H2,1H3;2-8H,1H3;3H2,1-2H3;3H,2H2,1H3/t19-,28?;;14-,16+,17-,20?;12-;;;/m0.00.../s1. The molecule has 4 N–H and O–H groups in total. The molecule has 0 bridgehead atoms. The Labute approximate surface area is 663 Å². The van der Waals surface area contributed by atoms with E-state index in [2.05, 4.69) is 34.6 Å². The lowest BCUT2D eigenvalue weighted by atomic mass is 9.75. The Bertz CT molecular complexity index is 4400. The van der Waals surface area contributed by atoms with Crippen molar-refractivity contribution in [1.29, 1.82) is 0 Å². The second-order valence-electron chi connectivity index (χ2n) is 25.8. The minimum Gasteiger partial charge on any atom is -0.593 e. The largest absolute Gasteiger partial charge is 0.593 e. The molecule has 12 rings (SSSR count). The zero-order valence-electron chi connectivity index (χ0n) is 65.3. The van der Waals surface area contributed by atoms with Gasteiger partial charge in [-0.05, 0) is 158 Å². The summed E-state index contributed by atoms with van der Waals surface area (Å²) in [6.07, 6.45) is 5.25. The number of nitrogens with one attached hydrogen (secondary N) is 1. The van der Waals surface area contributed by atoms with Gasteiger partial charge in [-0.2, -0.15) is 4.18 Å². The molecule has 1 aliphatic rings. The number of carbonyl (C=O) groups is 3. The number of methoxy groups -OCH3 is 1. The molecule has 8 atom stereocenters. The van der Waals surface area contributed by atoms with Gasteiger partial charge in [0, 0.05) is 41.9 Å². The molecule has 0 spiro atoms. The molecule has 1 saturated carbocycles. The molecule has 4 heterocycles. The molecule has 22 heteroatoms. The number of aliphatic hydroxyl groups excluding tert-OH is 1. The van der Waals surface area contributed by atoms with Crippen molar-refractivity contribution >= 4 is 58.3 Å².